The second-order valence-corrected chi connectivity index (χ2v) is 9.49. The van der Waals surface area contributed by atoms with Gasteiger partial charge in [-0.05, 0) is 28.3 Å². The van der Waals surface area contributed by atoms with E-state index in [1.165, 1.54) is 17.0 Å². The van der Waals surface area contributed by atoms with Gasteiger partial charge < -0.3 is 5.21 Å². The topological polar surface area (TPSA) is 85.1 Å². The Bertz CT molecular complexity index is 1230. The predicted octanol–water partition coefficient (Wildman–Crippen LogP) is 2.99. The third kappa shape index (κ3) is 2.26. The van der Waals surface area contributed by atoms with Gasteiger partial charge in [-0.25, -0.2) is 10.1 Å². The number of benzene rings is 3. The Kier molecular flexibility index (Phi) is 3.86. The summed E-state index contributed by atoms with van der Waals surface area (Å²) >= 11 is 3.95. The lowest BCUT2D eigenvalue weighted by atomic mass is 9.55. The number of carbonyl (C=O) groups is 2. The standard InChI is InChI=1S/C24H17BrN2O4/c25-24-17-10-3-1-8-15(17)19(16-9-2-4-11-18(16)24)20-21(24)23(29)26(22(20)28)13-6-5-7-14(12-13)27(30)31/h1-12,19-21,27,30H. The van der Waals surface area contributed by atoms with Gasteiger partial charge >= 0.3 is 0 Å². The molecule has 3 atom stereocenters. The van der Waals surface area contributed by atoms with Crippen molar-refractivity contribution in [2.45, 2.75) is 10.2 Å². The molecule has 2 bridgehead atoms. The summed E-state index contributed by atoms with van der Waals surface area (Å²) in [5.41, 5.74) is 4.48. The molecule has 0 aromatic heterocycles. The van der Waals surface area contributed by atoms with Gasteiger partial charge in [0.2, 0.25) is 11.8 Å². The Labute approximate surface area is 186 Å². The Balaban J connectivity index is 1.58. The third-order valence-corrected chi connectivity index (χ3v) is 8.21. The Morgan fingerprint density at radius 1 is 0.903 bits per heavy atom. The minimum Gasteiger partial charge on any atom is -0.595 e. The maximum atomic E-state index is 13.8. The number of hydrogen-bond donors (Lipinski definition) is 2. The van der Waals surface area contributed by atoms with Crippen LogP contribution in [0.4, 0.5) is 11.4 Å². The molecule has 1 saturated heterocycles. The highest BCUT2D eigenvalue weighted by atomic mass is 79.9. The molecular formula is C24H17BrN2O4. The fourth-order valence-electron chi connectivity index (χ4n) is 5.71. The summed E-state index contributed by atoms with van der Waals surface area (Å²) in [6.07, 6.45) is 0. The first kappa shape index (κ1) is 18.9. The molecular weight excluding hydrogens is 460 g/mol. The molecule has 1 heterocycles. The predicted molar refractivity (Wildman–Crippen MR) is 116 cm³/mol. The van der Waals surface area contributed by atoms with Gasteiger partial charge in [0.25, 0.3) is 0 Å². The quantitative estimate of drug-likeness (QED) is 0.338. The first-order chi connectivity index (χ1) is 14.9. The summed E-state index contributed by atoms with van der Waals surface area (Å²) in [7, 11) is 0. The number of imide groups is 1. The SMILES string of the molecule is O=C1C2C3c4ccccc4C(Br)(c4ccccc43)C2C(=O)N1c1cccc([NH+]([O-])O)c1. The van der Waals surface area contributed by atoms with Crippen molar-refractivity contribution in [3.63, 3.8) is 0 Å². The van der Waals surface area contributed by atoms with Gasteiger partial charge in [0.05, 0.1) is 21.8 Å². The summed E-state index contributed by atoms with van der Waals surface area (Å²) in [6, 6.07) is 22.0. The van der Waals surface area contributed by atoms with Crippen molar-refractivity contribution in [2.24, 2.45) is 11.8 Å². The minimum absolute atomic E-state index is 0.0380. The molecule has 7 heteroatoms. The molecule has 0 spiro atoms. The van der Waals surface area contributed by atoms with Crippen molar-refractivity contribution in [3.8, 4) is 0 Å². The fourth-order valence-corrected chi connectivity index (χ4v) is 6.91. The van der Waals surface area contributed by atoms with E-state index in [9.17, 15) is 20.0 Å². The molecule has 3 unspecified atom stereocenters. The van der Waals surface area contributed by atoms with E-state index in [4.69, 9.17) is 0 Å². The second kappa shape index (κ2) is 6.34. The van der Waals surface area contributed by atoms with Crippen molar-refractivity contribution in [2.75, 3.05) is 4.90 Å². The van der Waals surface area contributed by atoms with Crippen molar-refractivity contribution >= 4 is 39.1 Å². The molecule has 7 rings (SSSR count). The first-order valence-electron chi connectivity index (χ1n) is 10.0. The van der Waals surface area contributed by atoms with Crippen LogP contribution in [-0.2, 0) is 13.9 Å². The molecule has 3 aromatic rings. The highest BCUT2D eigenvalue weighted by Crippen LogP contribution is 2.66. The number of amides is 2. The zero-order chi connectivity index (χ0) is 21.5. The summed E-state index contributed by atoms with van der Waals surface area (Å²) < 4.78 is -0.814. The molecule has 3 aromatic carbocycles. The van der Waals surface area contributed by atoms with Crippen LogP contribution < -0.4 is 10.1 Å². The molecule has 6 nitrogen and oxygen atoms in total. The van der Waals surface area contributed by atoms with Gasteiger partial charge in [-0.2, -0.15) is 5.23 Å². The van der Waals surface area contributed by atoms with Gasteiger partial charge in [-0.3, -0.25) is 9.59 Å². The number of carbonyl (C=O) groups excluding carboxylic acids is 2. The summed E-state index contributed by atoms with van der Waals surface area (Å²) in [4.78, 5) is 28.7. The Morgan fingerprint density at radius 3 is 2.13 bits per heavy atom. The van der Waals surface area contributed by atoms with E-state index in [1.807, 2.05) is 48.5 Å². The van der Waals surface area contributed by atoms with Gasteiger partial charge in [0.1, 0.15) is 0 Å². The van der Waals surface area contributed by atoms with E-state index >= 15 is 0 Å². The zero-order valence-corrected chi connectivity index (χ0v) is 17.7. The van der Waals surface area contributed by atoms with Crippen molar-refractivity contribution in [3.05, 3.63) is 100 Å². The molecule has 1 aliphatic heterocycles. The van der Waals surface area contributed by atoms with E-state index in [2.05, 4.69) is 15.9 Å². The molecule has 1 fully saturated rings. The number of quaternary nitrogens is 1. The monoisotopic (exact) mass is 476 g/mol. The van der Waals surface area contributed by atoms with Crippen LogP contribution in [0, 0.1) is 17.0 Å². The van der Waals surface area contributed by atoms with Gasteiger partial charge in [0, 0.05) is 18.1 Å². The maximum Gasteiger partial charge on any atom is 0.239 e. The highest BCUT2D eigenvalue weighted by molar-refractivity contribution is 9.09. The Morgan fingerprint density at radius 2 is 1.52 bits per heavy atom. The number of anilines is 1. The number of halogens is 1. The highest BCUT2D eigenvalue weighted by Gasteiger charge is 2.67. The second-order valence-electron chi connectivity index (χ2n) is 8.23. The molecule has 0 saturated carbocycles. The molecule has 0 radical (unpaired) electrons. The number of hydrogen-bond acceptors (Lipinski definition) is 4. The minimum atomic E-state index is -1.10. The van der Waals surface area contributed by atoms with E-state index in [0.29, 0.717) is 5.69 Å². The van der Waals surface area contributed by atoms with Crippen molar-refractivity contribution in [1.29, 1.82) is 0 Å². The molecule has 154 valence electrons. The van der Waals surface area contributed by atoms with Crippen LogP contribution in [0.1, 0.15) is 28.2 Å². The normalized spacial score (nSPS) is 28.9. The average molecular weight is 477 g/mol. The smallest absolute Gasteiger partial charge is 0.239 e. The van der Waals surface area contributed by atoms with Crippen molar-refractivity contribution < 1.29 is 20.0 Å². The largest absolute Gasteiger partial charge is 0.595 e. The van der Waals surface area contributed by atoms with Crippen LogP contribution in [-0.4, -0.2) is 17.0 Å². The van der Waals surface area contributed by atoms with Crippen LogP contribution in [0.3, 0.4) is 0 Å². The van der Waals surface area contributed by atoms with Crippen LogP contribution in [0.15, 0.2) is 72.8 Å². The van der Waals surface area contributed by atoms with E-state index in [1.54, 1.807) is 12.1 Å². The molecule has 2 N–H and O–H groups in total. The van der Waals surface area contributed by atoms with Crippen LogP contribution >= 0.6 is 15.9 Å². The molecule has 2 amide bonds. The van der Waals surface area contributed by atoms with Crippen LogP contribution in [0.5, 0.6) is 0 Å². The van der Waals surface area contributed by atoms with E-state index in [0.717, 1.165) is 22.3 Å². The molecule has 31 heavy (non-hydrogen) atoms. The number of nitrogens with zero attached hydrogens (tertiary/aromatic N) is 1. The van der Waals surface area contributed by atoms with E-state index < -0.39 is 21.4 Å². The van der Waals surface area contributed by atoms with Crippen molar-refractivity contribution in [1.82, 2.24) is 0 Å². The summed E-state index contributed by atoms with van der Waals surface area (Å²) in [5.74, 6) is -1.96. The van der Waals surface area contributed by atoms with E-state index in [-0.39, 0.29) is 23.4 Å². The van der Waals surface area contributed by atoms with Gasteiger partial charge in [0.15, 0.2) is 5.69 Å². The maximum absolute atomic E-state index is 13.8. The van der Waals surface area contributed by atoms with Gasteiger partial charge in [-0.15, -0.1) is 0 Å². The summed E-state index contributed by atoms with van der Waals surface area (Å²) in [6.45, 7) is 0. The average Bonchev–Trinajstić information content (AvgIpc) is 3.06. The number of rotatable bonds is 2. The zero-order valence-electron chi connectivity index (χ0n) is 16.2. The lowest BCUT2D eigenvalue weighted by Gasteiger charge is -2.51. The third-order valence-electron chi connectivity index (χ3n) is 6.87. The molecule has 3 aliphatic carbocycles. The van der Waals surface area contributed by atoms with Crippen LogP contribution in [0.2, 0.25) is 0 Å². The van der Waals surface area contributed by atoms with Gasteiger partial charge in [-0.1, -0.05) is 70.5 Å². The summed E-state index contributed by atoms with van der Waals surface area (Å²) in [5, 5.41) is 19.7. The fraction of sp³-hybridized carbons (Fsp3) is 0.167. The first-order valence-corrected chi connectivity index (χ1v) is 10.8. The lowest BCUT2D eigenvalue weighted by molar-refractivity contribution is -0.991. The Hall–Kier alpha value is -2.84. The van der Waals surface area contributed by atoms with Crippen LogP contribution in [0.25, 0.3) is 0 Å². The number of nitrogens with one attached hydrogen (secondary N) is 1. The number of alkyl halides is 1. The lowest BCUT2D eigenvalue weighted by Crippen LogP contribution is -2.99. The molecule has 4 aliphatic rings.